The molecule has 0 spiro atoms. The number of ether oxygens (including phenoxy) is 2. The van der Waals surface area contributed by atoms with Gasteiger partial charge >= 0.3 is 5.97 Å². The summed E-state index contributed by atoms with van der Waals surface area (Å²) in [4.78, 5) is 20.4. The first-order valence-electron chi connectivity index (χ1n) is 8.73. The van der Waals surface area contributed by atoms with Gasteiger partial charge in [-0.1, -0.05) is 33.1 Å². The lowest BCUT2D eigenvalue weighted by Gasteiger charge is -2.12. The van der Waals surface area contributed by atoms with Crippen LogP contribution in [-0.2, 0) is 9.47 Å². The van der Waals surface area contributed by atoms with Crippen LogP contribution in [0, 0.1) is 0 Å². The fourth-order valence-electron chi connectivity index (χ4n) is 2.10. The number of unbranched alkanes of at least 4 members (excludes halogenated alkanes) is 3. The van der Waals surface area contributed by atoms with E-state index in [0.29, 0.717) is 30.5 Å². The minimum atomic E-state index is -0.457. The van der Waals surface area contributed by atoms with E-state index in [1.807, 2.05) is 0 Å². The lowest BCUT2D eigenvalue weighted by molar-refractivity contribution is 0.0601. The van der Waals surface area contributed by atoms with Gasteiger partial charge in [0.2, 0.25) is 5.95 Å². The zero-order valence-electron chi connectivity index (χ0n) is 15.1. The summed E-state index contributed by atoms with van der Waals surface area (Å²) >= 11 is 0. The summed E-state index contributed by atoms with van der Waals surface area (Å²) in [6, 6.07) is 0. The van der Waals surface area contributed by atoms with E-state index >= 15 is 0 Å². The average molecular weight is 338 g/mol. The number of nitrogens with one attached hydrogen (secondary N) is 2. The van der Waals surface area contributed by atoms with Crippen LogP contribution in [0.5, 0.6) is 0 Å². The Morgan fingerprint density at radius 1 is 1.08 bits per heavy atom. The molecule has 0 saturated carbocycles. The van der Waals surface area contributed by atoms with Gasteiger partial charge in [0.05, 0.1) is 13.7 Å². The summed E-state index contributed by atoms with van der Waals surface area (Å²) in [5.41, 5.74) is 0.324. The molecule has 0 unspecified atom stereocenters. The van der Waals surface area contributed by atoms with Crippen LogP contribution in [0.25, 0.3) is 0 Å². The minimum Gasteiger partial charge on any atom is -0.465 e. The molecular weight excluding hydrogens is 308 g/mol. The van der Waals surface area contributed by atoms with Crippen molar-refractivity contribution in [2.75, 3.05) is 44.0 Å². The summed E-state index contributed by atoms with van der Waals surface area (Å²) < 4.78 is 10.2. The monoisotopic (exact) mass is 338 g/mol. The van der Waals surface area contributed by atoms with Gasteiger partial charge in [0, 0.05) is 25.9 Å². The van der Waals surface area contributed by atoms with Crippen molar-refractivity contribution in [2.45, 2.75) is 46.0 Å². The van der Waals surface area contributed by atoms with Gasteiger partial charge in [-0.05, 0) is 12.8 Å². The van der Waals surface area contributed by atoms with Gasteiger partial charge in [-0.3, -0.25) is 0 Å². The van der Waals surface area contributed by atoms with Crippen LogP contribution in [0.1, 0.15) is 56.3 Å². The van der Waals surface area contributed by atoms with Gasteiger partial charge in [0.25, 0.3) is 0 Å². The molecule has 24 heavy (non-hydrogen) atoms. The standard InChI is InChI=1S/C17H30N4O3/c1-4-6-7-8-9-19-17-20-13-14(16(22)23-3)15(21-17)18-10-12-24-11-5-2/h13H,4-12H2,1-3H3,(H2,18,19,20,21). The van der Waals surface area contributed by atoms with Crippen LogP contribution in [0.2, 0.25) is 0 Å². The van der Waals surface area contributed by atoms with E-state index in [4.69, 9.17) is 9.47 Å². The molecule has 0 atom stereocenters. The maximum Gasteiger partial charge on any atom is 0.343 e. The molecule has 0 saturated heterocycles. The zero-order valence-corrected chi connectivity index (χ0v) is 15.1. The van der Waals surface area contributed by atoms with Crippen LogP contribution < -0.4 is 10.6 Å². The van der Waals surface area contributed by atoms with E-state index in [-0.39, 0.29) is 0 Å². The lowest BCUT2D eigenvalue weighted by atomic mass is 10.2. The molecule has 1 heterocycles. The fraction of sp³-hybridized carbons (Fsp3) is 0.706. The predicted octanol–water partition coefficient (Wildman–Crippen LogP) is 3.09. The zero-order chi connectivity index (χ0) is 17.6. The number of anilines is 2. The number of rotatable bonds is 13. The Labute approximate surface area is 144 Å². The lowest BCUT2D eigenvalue weighted by Crippen LogP contribution is -2.16. The SMILES string of the molecule is CCCCCCNc1ncc(C(=O)OC)c(NCCOCCC)n1. The summed E-state index contributed by atoms with van der Waals surface area (Å²) in [5.74, 6) is 0.519. The Hall–Kier alpha value is -1.89. The van der Waals surface area contributed by atoms with Crippen molar-refractivity contribution in [1.82, 2.24) is 9.97 Å². The quantitative estimate of drug-likeness (QED) is 0.422. The Balaban J connectivity index is 2.61. The first kappa shape index (κ1) is 20.2. The molecule has 136 valence electrons. The highest BCUT2D eigenvalue weighted by Gasteiger charge is 2.15. The maximum atomic E-state index is 11.8. The van der Waals surface area contributed by atoms with Crippen molar-refractivity contribution in [3.63, 3.8) is 0 Å². The highest BCUT2D eigenvalue weighted by Crippen LogP contribution is 2.15. The normalized spacial score (nSPS) is 10.5. The Bertz CT molecular complexity index is 483. The Morgan fingerprint density at radius 3 is 2.62 bits per heavy atom. The van der Waals surface area contributed by atoms with Crippen LogP contribution in [0.3, 0.4) is 0 Å². The van der Waals surface area contributed by atoms with Crippen LogP contribution >= 0.6 is 0 Å². The third-order valence-electron chi connectivity index (χ3n) is 3.39. The van der Waals surface area contributed by atoms with Crippen molar-refractivity contribution in [3.05, 3.63) is 11.8 Å². The third kappa shape index (κ3) is 7.59. The first-order chi connectivity index (χ1) is 11.7. The van der Waals surface area contributed by atoms with Crippen molar-refractivity contribution in [2.24, 2.45) is 0 Å². The van der Waals surface area contributed by atoms with Gasteiger partial charge in [0.15, 0.2) is 0 Å². The van der Waals surface area contributed by atoms with Gasteiger partial charge in [-0.15, -0.1) is 0 Å². The number of nitrogens with zero attached hydrogens (tertiary/aromatic N) is 2. The van der Waals surface area contributed by atoms with E-state index in [1.54, 1.807) is 0 Å². The number of carbonyl (C=O) groups excluding carboxylic acids is 1. The molecule has 1 aromatic heterocycles. The summed E-state index contributed by atoms with van der Waals surface area (Å²) in [6.45, 7) is 6.90. The Kier molecular flexibility index (Phi) is 10.5. The average Bonchev–Trinajstić information content (AvgIpc) is 2.61. The second-order valence-electron chi connectivity index (χ2n) is 5.47. The third-order valence-corrected chi connectivity index (χ3v) is 3.39. The number of esters is 1. The summed E-state index contributed by atoms with van der Waals surface area (Å²) in [7, 11) is 1.34. The first-order valence-corrected chi connectivity index (χ1v) is 8.73. The fourth-order valence-corrected chi connectivity index (χ4v) is 2.10. The van der Waals surface area contributed by atoms with E-state index in [0.717, 1.165) is 26.0 Å². The smallest absolute Gasteiger partial charge is 0.343 e. The number of hydrogen-bond donors (Lipinski definition) is 2. The predicted molar refractivity (Wildman–Crippen MR) is 95.6 cm³/mol. The Morgan fingerprint density at radius 2 is 1.92 bits per heavy atom. The van der Waals surface area contributed by atoms with Crippen molar-refractivity contribution in [3.8, 4) is 0 Å². The molecule has 0 aliphatic rings. The molecule has 0 aliphatic carbocycles. The van der Waals surface area contributed by atoms with Gasteiger partial charge in [0.1, 0.15) is 11.4 Å². The van der Waals surface area contributed by atoms with Crippen molar-refractivity contribution >= 4 is 17.7 Å². The van der Waals surface area contributed by atoms with Crippen molar-refractivity contribution < 1.29 is 14.3 Å². The molecule has 0 aliphatic heterocycles. The second kappa shape index (κ2) is 12.5. The largest absolute Gasteiger partial charge is 0.465 e. The molecular formula is C17H30N4O3. The van der Waals surface area contributed by atoms with E-state index < -0.39 is 5.97 Å². The number of hydrogen-bond acceptors (Lipinski definition) is 7. The molecule has 7 heteroatoms. The minimum absolute atomic E-state index is 0.324. The number of methoxy groups -OCH3 is 1. The molecule has 0 aromatic carbocycles. The van der Waals surface area contributed by atoms with E-state index in [2.05, 4.69) is 34.4 Å². The summed E-state index contributed by atoms with van der Waals surface area (Å²) in [5, 5.41) is 6.31. The molecule has 1 rings (SSSR count). The van der Waals surface area contributed by atoms with Gasteiger partial charge < -0.3 is 20.1 Å². The van der Waals surface area contributed by atoms with E-state index in [9.17, 15) is 4.79 Å². The number of carbonyl (C=O) groups is 1. The molecule has 7 nitrogen and oxygen atoms in total. The molecule has 2 N–H and O–H groups in total. The second-order valence-corrected chi connectivity index (χ2v) is 5.47. The van der Waals surface area contributed by atoms with Gasteiger partial charge in [-0.2, -0.15) is 4.98 Å². The van der Waals surface area contributed by atoms with Crippen molar-refractivity contribution in [1.29, 1.82) is 0 Å². The number of aromatic nitrogens is 2. The topological polar surface area (TPSA) is 85.4 Å². The van der Waals surface area contributed by atoms with Gasteiger partial charge in [-0.25, -0.2) is 9.78 Å². The molecule has 0 bridgehead atoms. The van der Waals surface area contributed by atoms with Crippen LogP contribution in [-0.4, -0.2) is 49.4 Å². The van der Waals surface area contributed by atoms with Crippen LogP contribution in [0.15, 0.2) is 6.20 Å². The highest BCUT2D eigenvalue weighted by molar-refractivity contribution is 5.94. The maximum absolute atomic E-state index is 11.8. The molecule has 0 amide bonds. The van der Waals surface area contributed by atoms with E-state index in [1.165, 1.54) is 32.6 Å². The molecule has 0 fully saturated rings. The molecule has 1 aromatic rings. The van der Waals surface area contributed by atoms with Crippen LogP contribution in [0.4, 0.5) is 11.8 Å². The summed E-state index contributed by atoms with van der Waals surface area (Å²) in [6.07, 6.45) is 7.16. The molecule has 0 radical (unpaired) electrons. The highest BCUT2D eigenvalue weighted by atomic mass is 16.5.